The summed E-state index contributed by atoms with van der Waals surface area (Å²) in [5, 5.41) is 11.6. The maximum atomic E-state index is 10.8. The van der Waals surface area contributed by atoms with Gasteiger partial charge in [-0.25, -0.2) is 0 Å². The predicted molar refractivity (Wildman–Crippen MR) is 33.5 cm³/mol. The minimum absolute atomic E-state index is 0.539. The zero-order valence-corrected chi connectivity index (χ0v) is 5.84. The van der Waals surface area contributed by atoms with Crippen molar-refractivity contribution >= 4 is 11.6 Å². The lowest BCUT2D eigenvalue weighted by molar-refractivity contribution is -0.161. The van der Waals surface area contributed by atoms with Crippen LogP contribution in [0.2, 0.25) is 0 Å². The average molecular weight is 143 g/mol. The first kappa shape index (κ1) is 7.37. The highest BCUT2D eigenvalue weighted by Crippen LogP contribution is 2.23. The van der Waals surface area contributed by atoms with E-state index in [0.717, 1.165) is 0 Å². The highest BCUT2D eigenvalue weighted by molar-refractivity contribution is 6.50. The van der Waals surface area contributed by atoms with Gasteiger partial charge < -0.3 is 10.4 Å². The van der Waals surface area contributed by atoms with Gasteiger partial charge in [-0.2, -0.15) is 0 Å². The molecule has 0 aliphatic heterocycles. The molecule has 4 heteroatoms. The predicted octanol–water partition coefficient (Wildman–Crippen LogP) is -1.52. The first-order chi connectivity index (χ1) is 4.54. The van der Waals surface area contributed by atoms with Gasteiger partial charge in [-0.1, -0.05) is 0 Å². The Labute approximate surface area is 58.2 Å². The molecule has 10 heavy (non-hydrogen) atoms. The lowest BCUT2D eigenvalue weighted by atomic mass is 9.73. The van der Waals surface area contributed by atoms with Crippen molar-refractivity contribution in [1.29, 1.82) is 0 Å². The van der Waals surface area contributed by atoms with E-state index in [9.17, 15) is 9.59 Å². The van der Waals surface area contributed by atoms with Gasteiger partial charge in [-0.3, -0.25) is 9.59 Å². The van der Waals surface area contributed by atoms with Crippen LogP contribution in [0.15, 0.2) is 0 Å². The lowest BCUT2D eigenvalue weighted by Gasteiger charge is -2.39. The number of Topliss-reactive ketones (excluding diaryl/α,β-unsaturated/α-hetero) is 2. The van der Waals surface area contributed by atoms with Gasteiger partial charge in [0.05, 0.1) is 0 Å². The Morgan fingerprint density at radius 3 is 2.30 bits per heavy atom. The van der Waals surface area contributed by atoms with Crippen LogP contribution in [0.4, 0.5) is 0 Å². The molecule has 1 saturated carbocycles. The van der Waals surface area contributed by atoms with E-state index in [0.29, 0.717) is 0 Å². The third kappa shape index (κ3) is 0.574. The van der Waals surface area contributed by atoms with Crippen molar-refractivity contribution in [3.8, 4) is 0 Å². The average Bonchev–Trinajstić information content (AvgIpc) is 2.00. The maximum absolute atomic E-state index is 10.8. The van der Waals surface area contributed by atoms with E-state index in [1.165, 1.54) is 14.0 Å². The normalized spacial score (nSPS) is 39.7. The van der Waals surface area contributed by atoms with E-state index >= 15 is 0 Å². The molecule has 0 heterocycles. The number of aliphatic hydroxyl groups is 1. The molecule has 4 nitrogen and oxygen atoms in total. The summed E-state index contributed by atoms with van der Waals surface area (Å²) in [7, 11) is 1.54. The monoisotopic (exact) mass is 143 g/mol. The van der Waals surface area contributed by atoms with Crippen molar-refractivity contribution in [1.82, 2.24) is 5.32 Å². The first-order valence-electron chi connectivity index (χ1n) is 2.99. The zero-order valence-electron chi connectivity index (χ0n) is 5.84. The number of likely N-dealkylation sites (N-methyl/N-ethyl adjacent to an activating group) is 1. The van der Waals surface area contributed by atoms with Gasteiger partial charge in [0.2, 0.25) is 11.6 Å². The molecule has 2 N–H and O–H groups in total. The molecule has 1 fully saturated rings. The van der Waals surface area contributed by atoms with E-state index in [1.54, 1.807) is 0 Å². The van der Waals surface area contributed by atoms with E-state index in [-0.39, 0.29) is 0 Å². The smallest absolute Gasteiger partial charge is 0.231 e. The Kier molecular flexibility index (Phi) is 1.38. The van der Waals surface area contributed by atoms with Crippen molar-refractivity contribution in [2.24, 2.45) is 0 Å². The summed E-state index contributed by atoms with van der Waals surface area (Å²) in [6.45, 7) is 1.50. The van der Waals surface area contributed by atoms with Crippen molar-refractivity contribution in [2.75, 3.05) is 7.05 Å². The molecule has 0 aromatic carbocycles. The van der Waals surface area contributed by atoms with E-state index < -0.39 is 23.2 Å². The quantitative estimate of drug-likeness (QED) is 0.437. The Bertz CT molecular complexity index is 201. The number of ketones is 2. The third-order valence-electron chi connectivity index (χ3n) is 2.01. The van der Waals surface area contributed by atoms with Crippen molar-refractivity contribution in [3.05, 3.63) is 0 Å². The molecule has 2 unspecified atom stereocenters. The van der Waals surface area contributed by atoms with Crippen LogP contribution in [0.5, 0.6) is 0 Å². The highest BCUT2D eigenvalue weighted by Gasteiger charge is 2.57. The van der Waals surface area contributed by atoms with Crippen LogP contribution in [-0.4, -0.2) is 35.4 Å². The number of hydrogen-bond donors (Lipinski definition) is 2. The van der Waals surface area contributed by atoms with Crippen LogP contribution in [-0.2, 0) is 9.59 Å². The molecule has 0 radical (unpaired) electrons. The minimum Gasteiger partial charge on any atom is -0.382 e. The largest absolute Gasteiger partial charge is 0.382 e. The van der Waals surface area contributed by atoms with Gasteiger partial charge in [-0.15, -0.1) is 0 Å². The van der Waals surface area contributed by atoms with Crippen LogP contribution in [0.25, 0.3) is 0 Å². The zero-order chi connectivity index (χ0) is 7.94. The first-order valence-corrected chi connectivity index (χ1v) is 2.99. The Hall–Kier alpha value is -0.740. The standard InChI is InChI=1S/C6H9NO3/c1-6(7-2)4(9)3(8)5(6)10/h4,7,9H,1-2H3. The molecule has 2 atom stereocenters. The molecule has 0 saturated heterocycles. The molecule has 0 aromatic rings. The number of nitrogens with one attached hydrogen (secondary N) is 1. The summed E-state index contributed by atoms with van der Waals surface area (Å²) in [6, 6.07) is 0. The molecule has 0 bridgehead atoms. The van der Waals surface area contributed by atoms with Gasteiger partial charge >= 0.3 is 0 Å². The van der Waals surface area contributed by atoms with E-state index in [4.69, 9.17) is 5.11 Å². The molecule has 0 aromatic heterocycles. The number of aliphatic hydroxyl groups excluding tert-OH is 1. The molecular formula is C6H9NO3. The summed E-state index contributed by atoms with van der Waals surface area (Å²) >= 11 is 0. The summed E-state index contributed by atoms with van der Waals surface area (Å²) in [5.74, 6) is -1.24. The SMILES string of the molecule is CNC1(C)C(=O)C(=O)C1O. The third-order valence-corrected chi connectivity index (χ3v) is 2.01. The fourth-order valence-electron chi connectivity index (χ4n) is 0.939. The van der Waals surface area contributed by atoms with Gasteiger partial charge in [0.1, 0.15) is 11.6 Å². The number of carbonyl (C=O) groups is 2. The van der Waals surface area contributed by atoms with Gasteiger partial charge in [0.25, 0.3) is 0 Å². The number of rotatable bonds is 1. The molecule has 1 aliphatic carbocycles. The van der Waals surface area contributed by atoms with Crippen molar-refractivity contribution < 1.29 is 14.7 Å². The highest BCUT2D eigenvalue weighted by atomic mass is 16.3. The summed E-state index contributed by atoms with van der Waals surface area (Å²) in [4.78, 5) is 21.2. The topological polar surface area (TPSA) is 66.4 Å². The van der Waals surface area contributed by atoms with Crippen LogP contribution in [0.1, 0.15) is 6.92 Å². The van der Waals surface area contributed by atoms with Gasteiger partial charge in [0.15, 0.2) is 0 Å². The van der Waals surface area contributed by atoms with Crippen LogP contribution in [0.3, 0.4) is 0 Å². The summed E-state index contributed by atoms with van der Waals surface area (Å²) in [6.07, 6.45) is -1.16. The summed E-state index contributed by atoms with van der Waals surface area (Å²) < 4.78 is 0. The van der Waals surface area contributed by atoms with E-state index in [1.807, 2.05) is 0 Å². The molecule has 56 valence electrons. The second-order valence-electron chi connectivity index (χ2n) is 2.55. The van der Waals surface area contributed by atoms with Crippen molar-refractivity contribution in [3.63, 3.8) is 0 Å². The van der Waals surface area contributed by atoms with E-state index in [2.05, 4.69) is 5.32 Å². The van der Waals surface area contributed by atoms with Crippen molar-refractivity contribution in [2.45, 2.75) is 18.6 Å². The molecule has 0 amide bonds. The molecule has 1 rings (SSSR count). The second kappa shape index (κ2) is 1.87. The Morgan fingerprint density at radius 2 is 2.10 bits per heavy atom. The minimum atomic E-state index is -1.16. The van der Waals surface area contributed by atoms with Crippen LogP contribution in [0, 0.1) is 0 Å². The summed E-state index contributed by atoms with van der Waals surface area (Å²) in [5.41, 5.74) is -1.03. The molecular weight excluding hydrogens is 134 g/mol. The number of carbonyl (C=O) groups excluding carboxylic acids is 2. The van der Waals surface area contributed by atoms with Gasteiger partial charge in [-0.05, 0) is 14.0 Å². The fourth-order valence-corrected chi connectivity index (χ4v) is 0.939. The lowest BCUT2D eigenvalue weighted by Crippen LogP contribution is -2.72. The van der Waals surface area contributed by atoms with Crippen LogP contribution >= 0.6 is 0 Å². The fraction of sp³-hybridized carbons (Fsp3) is 0.667. The molecule has 1 aliphatic rings. The van der Waals surface area contributed by atoms with Crippen LogP contribution < -0.4 is 5.32 Å². The number of hydrogen-bond acceptors (Lipinski definition) is 4. The second-order valence-corrected chi connectivity index (χ2v) is 2.55. The van der Waals surface area contributed by atoms with Gasteiger partial charge in [0, 0.05) is 0 Å². The Balaban J connectivity index is 2.84. The maximum Gasteiger partial charge on any atom is 0.231 e. The molecule has 0 spiro atoms. The Morgan fingerprint density at radius 1 is 1.60 bits per heavy atom.